The van der Waals surface area contributed by atoms with E-state index in [1.807, 2.05) is 59.6 Å². The quantitative estimate of drug-likeness (QED) is 0.443. The van der Waals surface area contributed by atoms with Gasteiger partial charge in [-0.15, -0.1) is 11.3 Å². The lowest BCUT2D eigenvalue weighted by atomic mass is 10.1. The van der Waals surface area contributed by atoms with Crippen molar-refractivity contribution >= 4 is 46.1 Å². The van der Waals surface area contributed by atoms with Crippen LogP contribution in [-0.4, -0.2) is 50.1 Å². The summed E-state index contributed by atoms with van der Waals surface area (Å²) in [6, 6.07) is 16.7. The Morgan fingerprint density at radius 2 is 1.94 bits per heavy atom. The predicted octanol–water partition coefficient (Wildman–Crippen LogP) is 5.54. The van der Waals surface area contributed by atoms with Crippen molar-refractivity contribution in [3.63, 3.8) is 0 Å². The van der Waals surface area contributed by atoms with Crippen LogP contribution in [0.5, 0.6) is 0 Å². The Morgan fingerprint density at radius 1 is 1.15 bits per heavy atom. The third-order valence-electron chi connectivity index (χ3n) is 5.77. The van der Waals surface area contributed by atoms with E-state index in [2.05, 4.69) is 5.32 Å². The summed E-state index contributed by atoms with van der Waals surface area (Å²) >= 11 is 7.68. The van der Waals surface area contributed by atoms with Crippen molar-refractivity contribution in [3.05, 3.63) is 81.0 Å². The molecule has 1 aliphatic rings. The van der Waals surface area contributed by atoms with E-state index in [0.29, 0.717) is 34.2 Å². The molecule has 1 fully saturated rings. The number of nitrogens with zero attached hydrogens (tertiary/aromatic N) is 2. The standard InChI is InChI=1S/C26H28ClN3O3S/c1-29(2)20-10-7-18(8-11-20)16-30(17-21-5-3-13-33-21)26(32)19-9-12-22(27)23(15-19)28-25(31)24-6-4-14-34-24/h4,6-12,14-15,21H,3,5,13,16-17H2,1-2H3,(H,28,31). The number of nitrogens with one attached hydrogen (secondary N) is 1. The third kappa shape index (κ3) is 5.97. The maximum atomic E-state index is 13.6. The fourth-order valence-corrected chi connectivity index (χ4v) is 4.69. The number of amides is 2. The second-order valence-corrected chi connectivity index (χ2v) is 9.86. The van der Waals surface area contributed by atoms with Crippen LogP contribution in [0.25, 0.3) is 0 Å². The molecule has 1 aromatic heterocycles. The summed E-state index contributed by atoms with van der Waals surface area (Å²) < 4.78 is 5.82. The topological polar surface area (TPSA) is 61.9 Å². The molecule has 34 heavy (non-hydrogen) atoms. The molecule has 178 valence electrons. The maximum absolute atomic E-state index is 13.6. The van der Waals surface area contributed by atoms with Crippen LogP contribution in [0.15, 0.2) is 60.0 Å². The van der Waals surface area contributed by atoms with E-state index >= 15 is 0 Å². The third-order valence-corrected chi connectivity index (χ3v) is 6.97. The molecule has 0 spiro atoms. The molecule has 0 saturated carbocycles. The van der Waals surface area contributed by atoms with E-state index in [-0.39, 0.29) is 17.9 Å². The Morgan fingerprint density at radius 3 is 2.59 bits per heavy atom. The Kier molecular flexibility index (Phi) is 7.88. The molecular weight excluding hydrogens is 470 g/mol. The van der Waals surface area contributed by atoms with Crippen molar-refractivity contribution in [1.82, 2.24) is 4.90 Å². The second-order valence-electron chi connectivity index (χ2n) is 8.51. The number of anilines is 2. The fraction of sp³-hybridized carbons (Fsp3) is 0.308. The summed E-state index contributed by atoms with van der Waals surface area (Å²) in [5.74, 6) is -0.380. The monoisotopic (exact) mass is 497 g/mol. The van der Waals surface area contributed by atoms with Gasteiger partial charge in [0.1, 0.15) is 0 Å². The molecule has 2 heterocycles. The van der Waals surface area contributed by atoms with Crippen molar-refractivity contribution in [2.45, 2.75) is 25.5 Å². The zero-order valence-electron chi connectivity index (χ0n) is 19.3. The van der Waals surface area contributed by atoms with Crippen molar-refractivity contribution in [2.75, 3.05) is 37.5 Å². The highest BCUT2D eigenvalue weighted by molar-refractivity contribution is 7.12. The first-order valence-corrected chi connectivity index (χ1v) is 12.5. The number of halogens is 1. The van der Waals surface area contributed by atoms with Gasteiger partial charge in [-0.2, -0.15) is 0 Å². The van der Waals surface area contributed by atoms with Gasteiger partial charge in [0, 0.05) is 45.0 Å². The molecule has 1 unspecified atom stereocenters. The van der Waals surface area contributed by atoms with E-state index in [1.165, 1.54) is 11.3 Å². The van der Waals surface area contributed by atoms with Crippen LogP contribution in [0, 0.1) is 0 Å². The summed E-state index contributed by atoms with van der Waals surface area (Å²) in [4.78, 5) is 30.5. The molecule has 4 rings (SSSR count). The maximum Gasteiger partial charge on any atom is 0.265 e. The lowest BCUT2D eigenvalue weighted by Crippen LogP contribution is -2.37. The normalized spacial score (nSPS) is 15.2. The van der Waals surface area contributed by atoms with Gasteiger partial charge in [0.15, 0.2) is 0 Å². The molecular formula is C26H28ClN3O3S. The lowest BCUT2D eigenvalue weighted by molar-refractivity contribution is 0.0507. The number of hydrogen-bond acceptors (Lipinski definition) is 5. The van der Waals surface area contributed by atoms with Crippen LogP contribution in [0.2, 0.25) is 5.02 Å². The number of carbonyl (C=O) groups excluding carboxylic acids is 2. The van der Waals surface area contributed by atoms with E-state index in [0.717, 1.165) is 30.7 Å². The average Bonchev–Trinajstić information content (AvgIpc) is 3.54. The predicted molar refractivity (Wildman–Crippen MR) is 138 cm³/mol. The van der Waals surface area contributed by atoms with Gasteiger partial charge in [-0.05, 0) is 60.2 Å². The largest absolute Gasteiger partial charge is 0.378 e. The van der Waals surface area contributed by atoms with Gasteiger partial charge in [-0.1, -0.05) is 29.8 Å². The second kappa shape index (κ2) is 11.0. The zero-order chi connectivity index (χ0) is 24.1. The molecule has 0 radical (unpaired) electrons. The van der Waals surface area contributed by atoms with E-state index in [4.69, 9.17) is 16.3 Å². The minimum atomic E-state index is -0.251. The minimum Gasteiger partial charge on any atom is -0.378 e. The van der Waals surface area contributed by atoms with Gasteiger partial charge in [-0.3, -0.25) is 9.59 Å². The highest BCUT2D eigenvalue weighted by atomic mass is 35.5. The smallest absolute Gasteiger partial charge is 0.265 e. The first-order chi connectivity index (χ1) is 16.4. The van der Waals surface area contributed by atoms with Crippen LogP contribution >= 0.6 is 22.9 Å². The number of thiophene rings is 1. The van der Waals surface area contributed by atoms with Crippen LogP contribution in [0.3, 0.4) is 0 Å². The number of rotatable bonds is 8. The molecule has 1 atom stereocenters. The average molecular weight is 498 g/mol. The van der Waals surface area contributed by atoms with Gasteiger partial charge in [0.2, 0.25) is 0 Å². The Labute approximate surface area is 209 Å². The van der Waals surface area contributed by atoms with Crippen molar-refractivity contribution in [2.24, 2.45) is 0 Å². The van der Waals surface area contributed by atoms with Gasteiger partial charge in [0.25, 0.3) is 11.8 Å². The number of hydrogen-bond donors (Lipinski definition) is 1. The summed E-state index contributed by atoms with van der Waals surface area (Å²) in [7, 11) is 4.00. The van der Waals surface area contributed by atoms with Crippen molar-refractivity contribution in [1.29, 1.82) is 0 Å². The van der Waals surface area contributed by atoms with E-state index < -0.39 is 0 Å². The number of ether oxygens (including phenoxy) is 1. The molecule has 2 amide bonds. The van der Waals surface area contributed by atoms with Crippen LogP contribution in [-0.2, 0) is 11.3 Å². The lowest BCUT2D eigenvalue weighted by Gasteiger charge is -2.26. The molecule has 0 aliphatic carbocycles. The molecule has 1 N–H and O–H groups in total. The van der Waals surface area contributed by atoms with Crippen molar-refractivity contribution < 1.29 is 14.3 Å². The van der Waals surface area contributed by atoms with Crippen LogP contribution in [0.4, 0.5) is 11.4 Å². The van der Waals surface area contributed by atoms with Crippen LogP contribution in [0.1, 0.15) is 38.4 Å². The minimum absolute atomic E-state index is 0.0234. The summed E-state index contributed by atoms with van der Waals surface area (Å²) in [6.45, 7) is 1.70. The fourth-order valence-electron chi connectivity index (χ4n) is 3.90. The molecule has 3 aromatic rings. The molecule has 8 heteroatoms. The van der Waals surface area contributed by atoms with Crippen molar-refractivity contribution in [3.8, 4) is 0 Å². The van der Waals surface area contributed by atoms with Crippen LogP contribution < -0.4 is 10.2 Å². The zero-order valence-corrected chi connectivity index (χ0v) is 20.9. The molecule has 6 nitrogen and oxygen atoms in total. The van der Waals surface area contributed by atoms with Gasteiger partial charge in [0.05, 0.1) is 21.7 Å². The molecule has 2 aromatic carbocycles. The molecule has 1 aliphatic heterocycles. The highest BCUT2D eigenvalue weighted by Crippen LogP contribution is 2.26. The summed E-state index contributed by atoms with van der Waals surface area (Å²) in [6.07, 6.45) is 1.96. The van der Waals surface area contributed by atoms with Gasteiger partial charge in [-0.25, -0.2) is 0 Å². The Hall–Kier alpha value is -2.87. The first-order valence-electron chi connectivity index (χ1n) is 11.2. The number of carbonyl (C=O) groups is 2. The first kappa shape index (κ1) is 24.3. The van der Waals surface area contributed by atoms with Gasteiger partial charge < -0.3 is 19.9 Å². The Balaban J connectivity index is 1.55. The summed E-state index contributed by atoms with van der Waals surface area (Å²) in [5.41, 5.74) is 3.02. The number of benzene rings is 2. The van der Waals surface area contributed by atoms with Gasteiger partial charge >= 0.3 is 0 Å². The highest BCUT2D eigenvalue weighted by Gasteiger charge is 2.24. The van der Waals surface area contributed by atoms with E-state index in [9.17, 15) is 9.59 Å². The summed E-state index contributed by atoms with van der Waals surface area (Å²) in [5, 5.41) is 5.04. The molecule has 1 saturated heterocycles. The SMILES string of the molecule is CN(C)c1ccc(CN(CC2CCCO2)C(=O)c2ccc(Cl)c(NC(=O)c3cccs3)c2)cc1. The van der Waals surface area contributed by atoms with E-state index in [1.54, 1.807) is 24.3 Å². The Bertz CT molecular complexity index is 1130. The molecule has 0 bridgehead atoms.